The van der Waals surface area contributed by atoms with Gasteiger partial charge in [0.05, 0.1) is 12.3 Å². The highest BCUT2D eigenvalue weighted by Gasteiger charge is 2.25. The molecule has 4 rings (SSSR count). The molecule has 0 spiro atoms. The molecule has 0 bridgehead atoms. The number of aromatic nitrogens is 1. The number of oxazole rings is 1. The van der Waals surface area contributed by atoms with Crippen LogP contribution in [0.15, 0.2) is 52.9 Å². The molecule has 0 fully saturated rings. The molecule has 28 heavy (non-hydrogen) atoms. The average Bonchev–Trinajstić information content (AvgIpc) is 3.26. The van der Waals surface area contributed by atoms with E-state index in [1.807, 2.05) is 55.5 Å². The van der Waals surface area contributed by atoms with E-state index in [-0.39, 0.29) is 12.1 Å². The Kier molecular flexibility index (Phi) is 5.15. The van der Waals surface area contributed by atoms with Gasteiger partial charge in [0.1, 0.15) is 17.6 Å². The second kappa shape index (κ2) is 7.89. The lowest BCUT2D eigenvalue weighted by Crippen LogP contribution is -2.05. The number of ether oxygens (including phenoxy) is 2. The van der Waals surface area contributed by atoms with E-state index in [0.717, 1.165) is 41.2 Å². The average molecular weight is 377 g/mol. The highest BCUT2D eigenvalue weighted by atomic mass is 16.5. The molecule has 0 unspecified atom stereocenters. The largest absolute Gasteiger partial charge is 0.493 e. The monoisotopic (exact) mass is 377 g/mol. The van der Waals surface area contributed by atoms with Crippen molar-refractivity contribution < 1.29 is 18.7 Å². The SMILES string of the molecule is CC(=O)O[C@H]1CCc2cc(OCCc3oc(-c4ccccc4)nc3C)ccc21. The van der Waals surface area contributed by atoms with Crippen LogP contribution in [0.25, 0.3) is 11.5 Å². The van der Waals surface area contributed by atoms with Gasteiger partial charge >= 0.3 is 5.97 Å². The molecule has 0 radical (unpaired) electrons. The minimum absolute atomic E-state index is 0.130. The minimum atomic E-state index is -0.240. The Morgan fingerprint density at radius 2 is 2.04 bits per heavy atom. The van der Waals surface area contributed by atoms with Gasteiger partial charge in [-0.25, -0.2) is 4.98 Å². The van der Waals surface area contributed by atoms with Crippen LogP contribution in [0.1, 0.15) is 42.0 Å². The summed E-state index contributed by atoms with van der Waals surface area (Å²) in [5.74, 6) is 2.07. The van der Waals surface area contributed by atoms with Crippen molar-refractivity contribution in [2.24, 2.45) is 0 Å². The third-order valence-corrected chi connectivity index (χ3v) is 4.96. The number of carbonyl (C=O) groups excluding carboxylic acids is 1. The lowest BCUT2D eigenvalue weighted by atomic mass is 10.1. The first-order valence-electron chi connectivity index (χ1n) is 9.54. The first-order valence-corrected chi connectivity index (χ1v) is 9.54. The van der Waals surface area contributed by atoms with Crippen LogP contribution in [0, 0.1) is 6.92 Å². The van der Waals surface area contributed by atoms with E-state index in [2.05, 4.69) is 4.98 Å². The molecule has 1 atom stereocenters. The number of carbonyl (C=O) groups is 1. The lowest BCUT2D eigenvalue weighted by Gasteiger charge is -2.12. The first-order chi connectivity index (χ1) is 13.6. The summed E-state index contributed by atoms with van der Waals surface area (Å²) in [7, 11) is 0. The van der Waals surface area contributed by atoms with Gasteiger partial charge in [-0.1, -0.05) is 24.3 Å². The third kappa shape index (κ3) is 3.93. The van der Waals surface area contributed by atoms with Gasteiger partial charge in [0.25, 0.3) is 0 Å². The molecule has 3 aromatic rings. The van der Waals surface area contributed by atoms with Gasteiger partial charge in [-0.05, 0) is 55.2 Å². The summed E-state index contributed by atoms with van der Waals surface area (Å²) in [6.45, 7) is 3.91. The predicted molar refractivity (Wildman–Crippen MR) is 105 cm³/mol. The van der Waals surface area contributed by atoms with Crippen LogP contribution in [0.2, 0.25) is 0 Å². The highest BCUT2D eigenvalue weighted by Crippen LogP contribution is 2.36. The molecule has 5 nitrogen and oxygen atoms in total. The highest BCUT2D eigenvalue weighted by molar-refractivity contribution is 5.66. The van der Waals surface area contributed by atoms with E-state index in [1.165, 1.54) is 12.5 Å². The van der Waals surface area contributed by atoms with Crippen LogP contribution in [-0.4, -0.2) is 17.6 Å². The van der Waals surface area contributed by atoms with Crippen molar-refractivity contribution in [3.63, 3.8) is 0 Å². The number of hydrogen-bond acceptors (Lipinski definition) is 5. The van der Waals surface area contributed by atoms with Crippen molar-refractivity contribution in [2.45, 2.75) is 39.2 Å². The summed E-state index contributed by atoms with van der Waals surface area (Å²) < 4.78 is 17.2. The summed E-state index contributed by atoms with van der Waals surface area (Å²) in [6, 6.07) is 15.9. The maximum Gasteiger partial charge on any atom is 0.303 e. The molecule has 1 aliphatic rings. The van der Waals surface area contributed by atoms with Gasteiger partial charge in [-0.15, -0.1) is 0 Å². The van der Waals surface area contributed by atoms with Crippen LogP contribution < -0.4 is 4.74 Å². The maximum absolute atomic E-state index is 11.2. The molecule has 0 N–H and O–H groups in total. The van der Waals surface area contributed by atoms with Gasteiger partial charge in [0.2, 0.25) is 5.89 Å². The van der Waals surface area contributed by atoms with Crippen LogP contribution in [0.5, 0.6) is 5.75 Å². The normalized spacial score (nSPS) is 15.3. The molecule has 1 aliphatic carbocycles. The Morgan fingerprint density at radius 3 is 2.82 bits per heavy atom. The number of esters is 1. The molecule has 0 saturated carbocycles. The topological polar surface area (TPSA) is 61.6 Å². The minimum Gasteiger partial charge on any atom is -0.493 e. The summed E-state index contributed by atoms with van der Waals surface area (Å²) in [4.78, 5) is 15.7. The van der Waals surface area contributed by atoms with Crippen molar-refractivity contribution >= 4 is 5.97 Å². The Hall–Kier alpha value is -3.08. The molecule has 0 saturated heterocycles. The zero-order valence-electron chi connectivity index (χ0n) is 16.1. The molecule has 144 valence electrons. The number of aryl methyl sites for hydroxylation is 2. The number of hydrogen-bond donors (Lipinski definition) is 0. The molecule has 5 heteroatoms. The van der Waals surface area contributed by atoms with Gasteiger partial charge in [0, 0.05) is 18.9 Å². The Balaban J connectivity index is 1.37. The molecule has 2 aromatic carbocycles. The van der Waals surface area contributed by atoms with Gasteiger partial charge in [0.15, 0.2) is 0 Å². The summed E-state index contributed by atoms with van der Waals surface area (Å²) in [5, 5.41) is 0. The second-order valence-corrected chi connectivity index (χ2v) is 6.99. The predicted octanol–water partition coefficient (Wildman–Crippen LogP) is 4.82. The van der Waals surface area contributed by atoms with Crippen LogP contribution in [0.3, 0.4) is 0 Å². The van der Waals surface area contributed by atoms with E-state index >= 15 is 0 Å². The zero-order valence-corrected chi connectivity index (χ0v) is 16.1. The fourth-order valence-corrected chi connectivity index (χ4v) is 3.59. The molecular formula is C23H23NO4. The molecular weight excluding hydrogens is 354 g/mol. The number of fused-ring (bicyclic) bond motifs is 1. The van der Waals surface area contributed by atoms with Crippen molar-refractivity contribution in [1.82, 2.24) is 4.98 Å². The Morgan fingerprint density at radius 1 is 1.21 bits per heavy atom. The number of rotatable bonds is 6. The van der Waals surface area contributed by atoms with Crippen molar-refractivity contribution in [2.75, 3.05) is 6.61 Å². The fourth-order valence-electron chi connectivity index (χ4n) is 3.59. The van der Waals surface area contributed by atoms with Crippen LogP contribution >= 0.6 is 0 Å². The number of nitrogens with zero attached hydrogens (tertiary/aromatic N) is 1. The Labute approximate surface area is 164 Å². The number of benzene rings is 2. The van der Waals surface area contributed by atoms with E-state index in [1.54, 1.807) is 0 Å². The van der Waals surface area contributed by atoms with E-state index in [9.17, 15) is 4.79 Å². The second-order valence-electron chi connectivity index (χ2n) is 6.99. The zero-order chi connectivity index (χ0) is 19.5. The van der Waals surface area contributed by atoms with E-state index < -0.39 is 0 Å². The van der Waals surface area contributed by atoms with E-state index in [4.69, 9.17) is 13.9 Å². The third-order valence-electron chi connectivity index (χ3n) is 4.96. The smallest absolute Gasteiger partial charge is 0.303 e. The van der Waals surface area contributed by atoms with E-state index in [0.29, 0.717) is 18.9 Å². The van der Waals surface area contributed by atoms with Crippen LogP contribution in [-0.2, 0) is 22.4 Å². The first kappa shape index (κ1) is 18.3. The van der Waals surface area contributed by atoms with Gasteiger partial charge in [-0.2, -0.15) is 0 Å². The van der Waals surface area contributed by atoms with Crippen molar-refractivity contribution in [1.29, 1.82) is 0 Å². The summed E-state index contributed by atoms with van der Waals surface area (Å²) >= 11 is 0. The maximum atomic E-state index is 11.2. The Bertz CT molecular complexity index is 978. The van der Waals surface area contributed by atoms with Crippen LogP contribution in [0.4, 0.5) is 0 Å². The van der Waals surface area contributed by atoms with Gasteiger partial charge in [-0.3, -0.25) is 4.79 Å². The van der Waals surface area contributed by atoms with Crippen molar-refractivity contribution in [3.8, 4) is 17.2 Å². The summed E-state index contributed by atoms with van der Waals surface area (Å²) in [6.07, 6.45) is 2.25. The standard InChI is InChI=1S/C23H23NO4/c1-15-21(28-23(24-15)17-6-4-3-5-7-17)12-13-26-19-9-10-20-18(14-19)8-11-22(20)27-16(2)25/h3-7,9-10,14,22H,8,11-13H2,1-2H3/t22-/m0/s1. The lowest BCUT2D eigenvalue weighted by molar-refractivity contribution is -0.146. The fraction of sp³-hybridized carbons (Fsp3) is 0.304. The summed E-state index contributed by atoms with van der Waals surface area (Å²) in [5.41, 5.74) is 4.13. The molecule has 1 heterocycles. The van der Waals surface area contributed by atoms with Crippen molar-refractivity contribution in [3.05, 3.63) is 71.1 Å². The molecule has 0 amide bonds. The molecule has 0 aliphatic heterocycles. The van der Waals surface area contributed by atoms with Gasteiger partial charge < -0.3 is 13.9 Å². The quantitative estimate of drug-likeness (QED) is 0.576. The molecule has 1 aromatic heterocycles.